The van der Waals surface area contributed by atoms with Crippen LogP contribution in [0.2, 0.25) is 0 Å². The van der Waals surface area contributed by atoms with E-state index in [4.69, 9.17) is 0 Å². The van der Waals surface area contributed by atoms with Gasteiger partial charge in [0.05, 0.1) is 5.69 Å². The zero-order valence-electron chi connectivity index (χ0n) is 23.9. The summed E-state index contributed by atoms with van der Waals surface area (Å²) in [7, 11) is 0. The minimum atomic E-state index is -0.0111. The van der Waals surface area contributed by atoms with Crippen molar-refractivity contribution in [1.82, 2.24) is 0 Å². The van der Waals surface area contributed by atoms with Gasteiger partial charge in [0.1, 0.15) is 0 Å². The molecule has 0 spiro atoms. The lowest BCUT2D eigenvalue weighted by atomic mass is 9.82. The summed E-state index contributed by atoms with van der Waals surface area (Å²) >= 11 is 0. The van der Waals surface area contributed by atoms with Crippen molar-refractivity contribution in [1.29, 1.82) is 0 Å². The van der Waals surface area contributed by atoms with Gasteiger partial charge in [-0.1, -0.05) is 117 Å². The fourth-order valence-corrected chi connectivity index (χ4v) is 6.92. The van der Waals surface area contributed by atoms with E-state index >= 15 is 0 Å². The lowest BCUT2D eigenvalue weighted by Crippen LogP contribution is -2.14. The number of anilines is 3. The highest BCUT2D eigenvalue weighted by molar-refractivity contribution is 6.07. The maximum Gasteiger partial charge on any atom is 0.0540 e. The van der Waals surface area contributed by atoms with E-state index in [0.717, 1.165) is 11.4 Å². The van der Waals surface area contributed by atoms with Crippen LogP contribution in [-0.2, 0) is 5.41 Å². The molecule has 0 bridgehead atoms. The molecule has 0 unspecified atom stereocenters. The molecule has 8 rings (SSSR count). The summed E-state index contributed by atoms with van der Waals surface area (Å²) in [5.74, 6) is 0. The zero-order valence-corrected chi connectivity index (χ0v) is 23.9. The number of rotatable bonds is 4. The SMILES string of the molecule is CC1(C)c2ccccc2-c2cc3ccc(-c4ccc(N(c5ccccc5)c5ccccc5)c5ccccc45)cc3cc21. The Hall–Kier alpha value is -5.14. The summed E-state index contributed by atoms with van der Waals surface area (Å²) < 4.78 is 0. The number of fused-ring (bicyclic) bond motifs is 5. The fraction of sp³-hybridized carbons (Fsp3) is 0.0732. The summed E-state index contributed by atoms with van der Waals surface area (Å²) in [6.07, 6.45) is 0. The highest BCUT2D eigenvalue weighted by Gasteiger charge is 2.35. The van der Waals surface area contributed by atoms with E-state index in [1.165, 1.54) is 60.6 Å². The molecule has 0 aliphatic heterocycles. The molecule has 0 heterocycles. The molecule has 0 atom stereocenters. The predicted molar refractivity (Wildman–Crippen MR) is 179 cm³/mol. The van der Waals surface area contributed by atoms with Gasteiger partial charge in [0.15, 0.2) is 0 Å². The Morgan fingerprint density at radius 1 is 0.429 bits per heavy atom. The van der Waals surface area contributed by atoms with Crippen molar-refractivity contribution < 1.29 is 0 Å². The molecule has 0 fully saturated rings. The Bertz CT molecular complexity index is 2070. The van der Waals surface area contributed by atoms with Gasteiger partial charge in [-0.2, -0.15) is 0 Å². The van der Waals surface area contributed by atoms with Crippen molar-refractivity contribution in [3.8, 4) is 22.3 Å². The lowest BCUT2D eigenvalue weighted by molar-refractivity contribution is 0.661. The van der Waals surface area contributed by atoms with Gasteiger partial charge in [0.25, 0.3) is 0 Å². The Morgan fingerprint density at radius 3 is 1.81 bits per heavy atom. The van der Waals surface area contributed by atoms with Crippen LogP contribution < -0.4 is 4.90 Å². The van der Waals surface area contributed by atoms with Gasteiger partial charge in [0.2, 0.25) is 0 Å². The van der Waals surface area contributed by atoms with Gasteiger partial charge in [-0.15, -0.1) is 0 Å². The van der Waals surface area contributed by atoms with E-state index in [1.54, 1.807) is 0 Å². The minimum absolute atomic E-state index is 0.0111. The van der Waals surface area contributed by atoms with Crippen LogP contribution in [0, 0.1) is 0 Å². The Balaban J connectivity index is 1.30. The maximum atomic E-state index is 2.43. The van der Waals surface area contributed by atoms with E-state index in [0.29, 0.717) is 0 Å². The Morgan fingerprint density at radius 2 is 1.07 bits per heavy atom. The number of benzene rings is 7. The number of para-hydroxylation sites is 2. The molecule has 0 saturated carbocycles. The van der Waals surface area contributed by atoms with Crippen molar-refractivity contribution in [2.75, 3.05) is 4.90 Å². The van der Waals surface area contributed by atoms with Crippen molar-refractivity contribution >= 4 is 38.6 Å². The average Bonchev–Trinajstić information content (AvgIpc) is 3.26. The first-order chi connectivity index (χ1) is 20.6. The van der Waals surface area contributed by atoms with Gasteiger partial charge in [-0.05, 0) is 98.1 Å². The molecule has 0 aromatic heterocycles. The highest BCUT2D eigenvalue weighted by Crippen LogP contribution is 2.50. The van der Waals surface area contributed by atoms with Crippen LogP contribution in [0.3, 0.4) is 0 Å². The zero-order chi connectivity index (χ0) is 28.3. The summed E-state index contributed by atoms with van der Waals surface area (Å²) in [4.78, 5) is 2.36. The third-order valence-corrected chi connectivity index (χ3v) is 9.02. The first-order valence-electron chi connectivity index (χ1n) is 14.7. The molecule has 200 valence electrons. The summed E-state index contributed by atoms with van der Waals surface area (Å²) in [6.45, 7) is 4.70. The molecule has 1 heteroatoms. The summed E-state index contributed by atoms with van der Waals surface area (Å²) in [5.41, 5.74) is 11.5. The second kappa shape index (κ2) is 9.46. The van der Waals surface area contributed by atoms with Crippen LogP contribution in [0.1, 0.15) is 25.0 Å². The van der Waals surface area contributed by atoms with Crippen molar-refractivity contribution in [2.45, 2.75) is 19.3 Å². The van der Waals surface area contributed by atoms with E-state index in [1.807, 2.05) is 0 Å². The van der Waals surface area contributed by atoms with E-state index in [9.17, 15) is 0 Å². The molecule has 0 radical (unpaired) electrons. The summed E-state index contributed by atoms with van der Waals surface area (Å²) in [6, 6.07) is 55.3. The van der Waals surface area contributed by atoms with E-state index in [-0.39, 0.29) is 5.41 Å². The Labute approximate surface area is 247 Å². The molecule has 7 aromatic rings. The number of hydrogen-bond donors (Lipinski definition) is 0. The normalized spacial score (nSPS) is 13.2. The first kappa shape index (κ1) is 24.6. The summed E-state index contributed by atoms with van der Waals surface area (Å²) in [5, 5.41) is 5.05. The fourth-order valence-electron chi connectivity index (χ4n) is 6.92. The molecule has 42 heavy (non-hydrogen) atoms. The second-order valence-corrected chi connectivity index (χ2v) is 11.8. The lowest BCUT2D eigenvalue weighted by Gasteiger charge is -2.27. The maximum absolute atomic E-state index is 2.43. The minimum Gasteiger partial charge on any atom is -0.310 e. The number of hydrogen-bond acceptors (Lipinski definition) is 1. The van der Waals surface area contributed by atoms with Crippen LogP contribution in [0.15, 0.2) is 152 Å². The molecular formula is C41H31N. The smallest absolute Gasteiger partial charge is 0.0540 e. The van der Waals surface area contributed by atoms with Crippen LogP contribution >= 0.6 is 0 Å². The molecule has 0 saturated heterocycles. The van der Waals surface area contributed by atoms with Gasteiger partial charge in [-0.3, -0.25) is 0 Å². The van der Waals surface area contributed by atoms with Gasteiger partial charge >= 0.3 is 0 Å². The van der Waals surface area contributed by atoms with Crippen LogP contribution in [0.25, 0.3) is 43.8 Å². The van der Waals surface area contributed by atoms with Crippen molar-refractivity contribution in [3.05, 3.63) is 163 Å². The standard InChI is InChI=1S/C41H31N/c1-41(2)38-20-12-11-18-35(38)37-26-28-21-22-29(25-30(28)27-39(37)41)33-23-24-40(36-19-10-9-17-34(33)36)42(31-13-5-3-6-14-31)32-15-7-4-8-16-32/h3-27H,1-2H3. The molecule has 1 nitrogen and oxygen atoms in total. The molecule has 0 amide bonds. The first-order valence-corrected chi connectivity index (χ1v) is 14.7. The largest absolute Gasteiger partial charge is 0.310 e. The third-order valence-electron chi connectivity index (χ3n) is 9.02. The van der Waals surface area contributed by atoms with Crippen molar-refractivity contribution in [3.63, 3.8) is 0 Å². The third kappa shape index (κ3) is 3.78. The van der Waals surface area contributed by atoms with Crippen LogP contribution in [-0.4, -0.2) is 0 Å². The van der Waals surface area contributed by atoms with Crippen LogP contribution in [0.4, 0.5) is 17.1 Å². The number of nitrogens with zero attached hydrogens (tertiary/aromatic N) is 1. The van der Waals surface area contributed by atoms with E-state index in [2.05, 4.69) is 170 Å². The van der Waals surface area contributed by atoms with E-state index < -0.39 is 0 Å². The molecule has 1 aliphatic rings. The Kier molecular flexibility index (Phi) is 5.55. The molecule has 7 aromatic carbocycles. The predicted octanol–water partition coefficient (Wildman–Crippen LogP) is 11.4. The van der Waals surface area contributed by atoms with Gasteiger partial charge in [0, 0.05) is 22.2 Å². The topological polar surface area (TPSA) is 3.24 Å². The highest BCUT2D eigenvalue weighted by atomic mass is 15.1. The molecule has 1 aliphatic carbocycles. The average molecular weight is 538 g/mol. The molecule has 0 N–H and O–H groups in total. The van der Waals surface area contributed by atoms with Crippen molar-refractivity contribution in [2.24, 2.45) is 0 Å². The van der Waals surface area contributed by atoms with Crippen LogP contribution in [0.5, 0.6) is 0 Å². The second-order valence-electron chi connectivity index (χ2n) is 11.8. The monoisotopic (exact) mass is 537 g/mol. The van der Waals surface area contributed by atoms with Gasteiger partial charge in [-0.25, -0.2) is 0 Å². The molecular weight excluding hydrogens is 506 g/mol. The van der Waals surface area contributed by atoms with Gasteiger partial charge < -0.3 is 4.90 Å². The quantitative estimate of drug-likeness (QED) is 0.216.